The molecule has 0 heterocycles. The van der Waals surface area contributed by atoms with Crippen LogP contribution in [0.1, 0.15) is 35.7 Å². The van der Waals surface area contributed by atoms with Crippen LogP contribution in [-0.2, 0) is 14.3 Å². The molecule has 1 aromatic rings. The summed E-state index contributed by atoms with van der Waals surface area (Å²) in [7, 11) is 1.29. The molecular weight excluding hydrogens is 270 g/mol. The lowest BCUT2D eigenvalue weighted by molar-refractivity contribution is -0.140. The Labute approximate surface area is 123 Å². The van der Waals surface area contributed by atoms with Gasteiger partial charge >= 0.3 is 5.97 Å². The molecule has 0 radical (unpaired) electrons. The van der Waals surface area contributed by atoms with Gasteiger partial charge in [0.1, 0.15) is 0 Å². The zero-order chi connectivity index (χ0) is 15.7. The van der Waals surface area contributed by atoms with E-state index in [0.717, 1.165) is 5.56 Å². The highest BCUT2D eigenvalue weighted by Crippen LogP contribution is 2.08. The molecule has 0 unspecified atom stereocenters. The first-order chi connectivity index (χ1) is 10.0. The highest BCUT2D eigenvalue weighted by molar-refractivity contribution is 5.97. The molecule has 0 bridgehead atoms. The fourth-order valence-electron chi connectivity index (χ4n) is 1.52. The maximum absolute atomic E-state index is 11.8. The molecule has 1 N–H and O–H groups in total. The van der Waals surface area contributed by atoms with Gasteiger partial charge in [-0.3, -0.25) is 14.4 Å². The number of carbonyl (C=O) groups is 3. The fourth-order valence-corrected chi connectivity index (χ4v) is 1.52. The average Bonchev–Trinajstić information content (AvgIpc) is 2.49. The zero-order valence-electron chi connectivity index (χ0n) is 12.1. The predicted molar refractivity (Wildman–Crippen MR) is 77.6 cm³/mol. The molecule has 5 heteroatoms. The minimum atomic E-state index is -0.399. The second kappa shape index (κ2) is 8.54. The van der Waals surface area contributed by atoms with Gasteiger partial charge in [0, 0.05) is 24.5 Å². The Morgan fingerprint density at radius 2 is 1.81 bits per heavy atom. The lowest BCUT2D eigenvalue weighted by Gasteiger charge is -2.00. The molecule has 1 amide bonds. The van der Waals surface area contributed by atoms with Gasteiger partial charge < -0.3 is 10.1 Å². The van der Waals surface area contributed by atoms with E-state index in [9.17, 15) is 14.4 Å². The molecule has 1 rings (SSSR count). The topological polar surface area (TPSA) is 72.5 Å². The summed E-state index contributed by atoms with van der Waals surface area (Å²) in [5.41, 5.74) is 1.29. The van der Waals surface area contributed by atoms with Crippen LogP contribution in [0.4, 0.5) is 0 Å². The number of hydrogen-bond donors (Lipinski definition) is 1. The Hall–Kier alpha value is -2.61. The van der Waals surface area contributed by atoms with Crippen LogP contribution in [0.5, 0.6) is 0 Å². The Balaban J connectivity index is 2.55. The molecule has 0 aliphatic carbocycles. The number of esters is 1. The molecular formula is C16H17NO4. The molecule has 0 aromatic heterocycles. The van der Waals surface area contributed by atoms with Crippen LogP contribution < -0.4 is 5.32 Å². The number of rotatable bonds is 5. The smallest absolute Gasteiger partial charge is 0.305 e. The highest BCUT2D eigenvalue weighted by atomic mass is 16.5. The van der Waals surface area contributed by atoms with Crippen molar-refractivity contribution in [2.45, 2.75) is 19.8 Å². The second-order valence-electron chi connectivity index (χ2n) is 4.29. The molecule has 0 aliphatic heterocycles. The van der Waals surface area contributed by atoms with Gasteiger partial charge in [-0.25, -0.2) is 0 Å². The van der Waals surface area contributed by atoms with Gasteiger partial charge in [-0.1, -0.05) is 24.0 Å². The Morgan fingerprint density at radius 3 is 2.38 bits per heavy atom. The Morgan fingerprint density at radius 1 is 1.14 bits per heavy atom. The number of nitrogens with one attached hydrogen (secondary N) is 1. The third-order valence-electron chi connectivity index (χ3n) is 2.65. The molecule has 1 aromatic carbocycles. The van der Waals surface area contributed by atoms with E-state index in [1.165, 1.54) is 14.0 Å². The lowest BCUT2D eigenvalue weighted by atomic mass is 10.0. The number of hydrogen-bond acceptors (Lipinski definition) is 4. The van der Waals surface area contributed by atoms with Crippen LogP contribution in [-0.4, -0.2) is 31.3 Å². The molecule has 0 spiro atoms. The van der Waals surface area contributed by atoms with E-state index in [0.29, 0.717) is 5.56 Å². The number of benzene rings is 1. The molecule has 0 saturated carbocycles. The van der Waals surface area contributed by atoms with Crippen LogP contribution in [0.2, 0.25) is 0 Å². The summed E-state index contributed by atoms with van der Waals surface area (Å²) < 4.78 is 4.49. The van der Waals surface area contributed by atoms with Gasteiger partial charge in [0.2, 0.25) is 5.91 Å². The van der Waals surface area contributed by atoms with Crippen molar-refractivity contribution in [3.05, 3.63) is 35.4 Å². The quantitative estimate of drug-likeness (QED) is 0.503. The van der Waals surface area contributed by atoms with Crippen LogP contribution in [0, 0.1) is 11.8 Å². The van der Waals surface area contributed by atoms with Crippen molar-refractivity contribution in [1.82, 2.24) is 5.32 Å². The molecule has 110 valence electrons. The molecule has 0 fully saturated rings. The van der Waals surface area contributed by atoms with Gasteiger partial charge in [0.25, 0.3) is 0 Å². The summed E-state index contributed by atoms with van der Waals surface area (Å²) in [5, 5.41) is 2.57. The summed E-state index contributed by atoms with van der Waals surface area (Å²) >= 11 is 0. The van der Waals surface area contributed by atoms with Gasteiger partial charge in [-0.15, -0.1) is 0 Å². The van der Waals surface area contributed by atoms with Crippen LogP contribution in [0.25, 0.3) is 0 Å². The third-order valence-corrected chi connectivity index (χ3v) is 2.65. The predicted octanol–water partition coefficient (Wildman–Crippen LogP) is 1.31. The lowest BCUT2D eigenvalue weighted by Crippen LogP contribution is -2.19. The van der Waals surface area contributed by atoms with E-state index in [1.807, 2.05) is 0 Å². The first-order valence-corrected chi connectivity index (χ1v) is 6.46. The minimum absolute atomic E-state index is 0.0770. The second-order valence-corrected chi connectivity index (χ2v) is 4.29. The SMILES string of the molecule is COC(=O)CCC(=O)c1ccc(C#CCNC(C)=O)cc1. The summed E-state index contributed by atoms with van der Waals surface area (Å²) in [4.78, 5) is 33.5. The first kappa shape index (κ1) is 16.4. The van der Waals surface area contributed by atoms with Crippen molar-refractivity contribution in [2.75, 3.05) is 13.7 Å². The van der Waals surface area contributed by atoms with Crippen molar-refractivity contribution in [3.8, 4) is 11.8 Å². The number of methoxy groups -OCH3 is 1. The standard InChI is InChI=1S/C16H17NO4/c1-12(18)17-11-3-4-13-5-7-14(8-6-13)15(19)9-10-16(20)21-2/h5-8H,9-11H2,1-2H3,(H,17,18). The highest BCUT2D eigenvalue weighted by Gasteiger charge is 2.08. The van der Waals surface area contributed by atoms with Crippen molar-refractivity contribution < 1.29 is 19.1 Å². The summed E-state index contributed by atoms with van der Waals surface area (Å²) in [6, 6.07) is 6.79. The van der Waals surface area contributed by atoms with E-state index in [-0.39, 0.29) is 31.1 Å². The molecule has 5 nitrogen and oxygen atoms in total. The summed E-state index contributed by atoms with van der Waals surface area (Å²) in [6.45, 7) is 1.71. The molecule has 0 aliphatic rings. The van der Waals surface area contributed by atoms with Crippen molar-refractivity contribution in [3.63, 3.8) is 0 Å². The Bertz CT molecular complexity index is 579. The third kappa shape index (κ3) is 6.39. The first-order valence-electron chi connectivity index (χ1n) is 6.46. The normalized spacial score (nSPS) is 9.24. The van der Waals surface area contributed by atoms with E-state index in [4.69, 9.17) is 0 Å². The van der Waals surface area contributed by atoms with Gasteiger partial charge in [-0.05, 0) is 12.1 Å². The number of Topliss-reactive ketones (excluding diaryl/α,β-unsaturated/α-hetero) is 1. The van der Waals surface area contributed by atoms with Crippen molar-refractivity contribution >= 4 is 17.7 Å². The van der Waals surface area contributed by atoms with E-state index < -0.39 is 5.97 Å². The molecule has 0 atom stereocenters. The molecule has 0 saturated heterocycles. The number of ketones is 1. The average molecular weight is 287 g/mol. The maximum atomic E-state index is 11.8. The van der Waals surface area contributed by atoms with Crippen molar-refractivity contribution in [2.24, 2.45) is 0 Å². The van der Waals surface area contributed by atoms with E-state index in [1.54, 1.807) is 24.3 Å². The minimum Gasteiger partial charge on any atom is -0.469 e. The van der Waals surface area contributed by atoms with E-state index in [2.05, 4.69) is 21.9 Å². The van der Waals surface area contributed by atoms with Crippen LogP contribution in [0.15, 0.2) is 24.3 Å². The number of carbonyl (C=O) groups excluding carboxylic acids is 3. The summed E-state index contributed by atoms with van der Waals surface area (Å²) in [6.07, 6.45) is 0.202. The maximum Gasteiger partial charge on any atom is 0.305 e. The Kier molecular flexibility index (Phi) is 6.69. The fraction of sp³-hybridized carbons (Fsp3) is 0.312. The van der Waals surface area contributed by atoms with Gasteiger partial charge in [0.05, 0.1) is 20.1 Å². The monoisotopic (exact) mass is 287 g/mol. The summed E-state index contributed by atoms with van der Waals surface area (Å²) in [5.74, 6) is 5.04. The van der Waals surface area contributed by atoms with Crippen LogP contribution in [0.3, 0.4) is 0 Å². The van der Waals surface area contributed by atoms with E-state index >= 15 is 0 Å². The van der Waals surface area contributed by atoms with Crippen molar-refractivity contribution in [1.29, 1.82) is 0 Å². The zero-order valence-corrected chi connectivity index (χ0v) is 12.1. The van der Waals surface area contributed by atoms with Gasteiger partial charge in [0.15, 0.2) is 5.78 Å². The largest absolute Gasteiger partial charge is 0.469 e. The van der Waals surface area contributed by atoms with Gasteiger partial charge in [-0.2, -0.15) is 0 Å². The molecule has 21 heavy (non-hydrogen) atoms. The number of ether oxygens (including phenoxy) is 1. The number of amides is 1. The van der Waals surface area contributed by atoms with Crippen LogP contribution >= 0.6 is 0 Å².